The van der Waals surface area contributed by atoms with Gasteiger partial charge in [0.15, 0.2) is 12.6 Å². The quantitative estimate of drug-likeness (QED) is 0.0207. The number of aliphatic hydroxyl groups is 8. The maximum atomic E-state index is 13.1. The normalized spacial score (nSPS) is 26.4. The van der Waals surface area contributed by atoms with Crippen LogP contribution in [0.2, 0.25) is 0 Å². The van der Waals surface area contributed by atoms with Crippen molar-refractivity contribution in [2.75, 3.05) is 19.8 Å². The van der Waals surface area contributed by atoms with E-state index in [2.05, 4.69) is 19.2 Å². The molecule has 0 radical (unpaired) electrons. The van der Waals surface area contributed by atoms with Crippen LogP contribution in [0.4, 0.5) is 0 Å². The molecule has 2 aliphatic rings. The first-order valence-electron chi connectivity index (χ1n) is 27.9. The van der Waals surface area contributed by atoms with Gasteiger partial charge < -0.3 is 65.1 Å². The Balaban J connectivity index is 1.72. The van der Waals surface area contributed by atoms with Gasteiger partial charge in [0.1, 0.15) is 48.8 Å². The Kier molecular flexibility index (Phi) is 38.1. The summed E-state index contributed by atoms with van der Waals surface area (Å²) in [5, 5.41) is 86.7. The first-order chi connectivity index (χ1) is 33.1. The maximum Gasteiger partial charge on any atom is 0.220 e. The van der Waals surface area contributed by atoms with Crippen molar-refractivity contribution in [1.82, 2.24) is 5.32 Å². The molecule has 0 aromatic rings. The highest BCUT2D eigenvalue weighted by Gasteiger charge is 2.51. The summed E-state index contributed by atoms with van der Waals surface area (Å²) in [7, 11) is 0. The number of carbonyl (C=O) groups excluding carboxylic acids is 1. The van der Waals surface area contributed by atoms with Crippen molar-refractivity contribution in [2.24, 2.45) is 0 Å². The van der Waals surface area contributed by atoms with E-state index < -0.39 is 86.8 Å². The molecule has 14 heteroatoms. The molecule has 9 N–H and O–H groups in total. The SMILES string of the molecule is CCCCCCCCCCCCCCCCCCCCCCCCC/C=C/C(O)C(COC1OC(CO)C(OC2OC(CO)C(O)C(O)C2O)C(O)C1O)NC(=O)CCCCCCCCCCC. The highest BCUT2D eigenvalue weighted by Crippen LogP contribution is 2.30. The maximum absolute atomic E-state index is 13.1. The summed E-state index contributed by atoms with van der Waals surface area (Å²) in [4.78, 5) is 13.1. The minimum absolute atomic E-state index is 0.241. The molecule has 1 amide bonds. The molecule has 12 unspecified atom stereocenters. The van der Waals surface area contributed by atoms with E-state index in [1.807, 2.05) is 6.08 Å². The van der Waals surface area contributed by atoms with Gasteiger partial charge in [-0.1, -0.05) is 219 Å². The number of hydrogen-bond acceptors (Lipinski definition) is 13. The van der Waals surface area contributed by atoms with Crippen molar-refractivity contribution < 1.29 is 64.6 Å². The lowest BCUT2D eigenvalue weighted by Crippen LogP contribution is -2.65. The first-order valence-corrected chi connectivity index (χ1v) is 27.9. The van der Waals surface area contributed by atoms with Crippen LogP contribution in [-0.4, -0.2) is 140 Å². The standard InChI is InChI=1S/C54H103NO13/c1-3-5-7-9-11-13-14-15-16-17-18-19-20-21-22-23-24-25-26-27-28-30-31-33-35-37-43(58)42(55-46(59)38-36-34-32-29-12-10-8-6-4-2)41-65-53-51(64)49(62)52(45(40-57)67-53)68-54-50(63)48(61)47(60)44(39-56)66-54/h35,37,42-45,47-54,56-58,60-64H,3-34,36,38-41H2,1-2H3,(H,55,59)/b37-35+. The first kappa shape index (κ1) is 62.8. The largest absolute Gasteiger partial charge is 0.394 e. The lowest BCUT2D eigenvalue weighted by atomic mass is 9.97. The molecular formula is C54H103NO13. The number of nitrogens with one attached hydrogen (secondary N) is 1. The van der Waals surface area contributed by atoms with Crippen molar-refractivity contribution in [3.63, 3.8) is 0 Å². The Morgan fingerprint density at radius 2 is 0.912 bits per heavy atom. The average molecular weight is 974 g/mol. The summed E-state index contributed by atoms with van der Waals surface area (Å²) in [5.41, 5.74) is 0. The van der Waals surface area contributed by atoms with Crippen molar-refractivity contribution >= 4 is 5.91 Å². The second-order valence-electron chi connectivity index (χ2n) is 20.1. The van der Waals surface area contributed by atoms with Crippen LogP contribution in [0.1, 0.15) is 232 Å². The molecule has 14 nitrogen and oxygen atoms in total. The summed E-state index contributed by atoms with van der Waals surface area (Å²) in [6.45, 7) is 2.78. The monoisotopic (exact) mass is 974 g/mol. The van der Waals surface area contributed by atoms with Gasteiger partial charge in [0.25, 0.3) is 0 Å². The molecule has 0 aromatic heterocycles. The number of hydrogen-bond donors (Lipinski definition) is 9. The molecule has 0 aliphatic carbocycles. The van der Waals surface area contributed by atoms with E-state index in [0.29, 0.717) is 6.42 Å². The highest BCUT2D eigenvalue weighted by atomic mass is 16.7. The summed E-state index contributed by atoms with van der Waals surface area (Å²) in [6.07, 6.45) is 28.5. The number of allylic oxidation sites excluding steroid dienone is 1. The Labute approximate surface area is 412 Å². The van der Waals surface area contributed by atoms with E-state index in [9.17, 15) is 45.6 Å². The lowest BCUT2D eigenvalue weighted by Gasteiger charge is -2.46. The van der Waals surface area contributed by atoms with Crippen molar-refractivity contribution in [3.8, 4) is 0 Å². The van der Waals surface area contributed by atoms with Crippen LogP contribution < -0.4 is 5.32 Å². The van der Waals surface area contributed by atoms with Crippen LogP contribution in [0.5, 0.6) is 0 Å². The highest BCUT2D eigenvalue weighted by molar-refractivity contribution is 5.76. The molecule has 0 spiro atoms. The zero-order valence-corrected chi connectivity index (χ0v) is 42.9. The van der Waals surface area contributed by atoms with Crippen LogP contribution in [0.3, 0.4) is 0 Å². The van der Waals surface area contributed by atoms with Crippen molar-refractivity contribution in [3.05, 3.63) is 12.2 Å². The number of unbranched alkanes of at least 4 members (excludes halogenated alkanes) is 31. The second kappa shape index (κ2) is 41.2. The second-order valence-corrected chi connectivity index (χ2v) is 20.1. The molecule has 2 aliphatic heterocycles. The summed E-state index contributed by atoms with van der Waals surface area (Å²) in [5.74, 6) is -0.241. The topological polar surface area (TPSA) is 228 Å². The summed E-state index contributed by atoms with van der Waals surface area (Å²) in [6, 6.07) is -0.907. The molecule has 12 atom stereocenters. The van der Waals surface area contributed by atoms with Crippen LogP contribution >= 0.6 is 0 Å². The number of ether oxygens (including phenoxy) is 4. The smallest absolute Gasteiger partial charge is 0.220 e. The van der Waals surface area contributed by atoms with Crippen LogP contribution in [-0.2, 0) is 23.7 Å². The van der Waals surface area contributed by atoms with Gasteiger partial charge in [0.2, 0.25) is 5.91 Å². The number of amides is 1. The summed E-state index contributed by atoms with van der Waals surface area (Å²) < 4.78 is 22.7. The van der Waals surface area contributed by atoms with Crippen molar-refractivity contribution in [1.29, 1.82) is 0 Å². The molecule has 2 saturated heterocycles. The number of carbonyl (C=O) groups is 1. The number of rotatable bonds is 44. The predicted octanol–water partition coefficient (Wildman–Crippen LogP) is 8.33. The van der Waals surface area contributed by atoms with Gasteiger partial charge in [-0.05, 0) is 19.3 Å². The Morgan fingerprint density at radius 3 is 1.35 bits per heavy atom. The van der Waals surface area contributed by atoms with Gasteiger partial charge in [-0.2, -0.15) is 0 Å². The van der Waals surface area contributed by atoms with Gasteiger partial charge in [0.05, 0.1) is 32.0 Å². The third-order valence-electron chi connectivity index (χ3n) is 14.0. The third-order valence-corrected chi connectivity index (χ3v) is 14.0. The Bertz CT molecular complexity index is 1200. The van der Waals surface area contributed by atoms with Gasteiger partial charge in [-0.15, -0.1) is 0 Å². The molecule has 0 bridgehead atoms. The molecule has 402 valence electrons. The zero-order valence-electron chi connectivity index (χ0n) is 42.9. The van der Waals surface area contributed by atoms with E-state index in [1.165, 1.54) is 167 Å². The fourth-order valence-corrected chi connectivity index (χ4v) is 9.41. The van der Waals surface area contributed by atoms with Crippen LogP contribution in [0, 0.1) is 0 Å². The third kappa shape index (κ3) is 27.5. The van der Waals surface area contributed by atoms with Gasteiger partial charge in [-0.3, -0.25) is 4.79 Å². The fraction of sp³-hybridized carbons (Fsp3) is 0.944. The van der Waals surface area contributed by atoms with Gasteiger partial charge in [-0.25, -0.2) is 0 Å². The molecule has 2 heterocycles. The van der Waals surface area contributed by atoms with Gasteiger partial charge >= 0.3 is 0 Å². The predicted molar refractivity (Wildman–Crippen MR) is 268 cm³/mol. The molecule has 2 rings (SSSR count). The average Bonchev–Trinajstić information content (AvgIpc) is 3.34. The molecule has 0 saturated carbocycles. The van der Waals surface area contributed by atoms with Gasteiger partial charge in [0, 0.05) is 6.42 Å². The fourth-order valence-electron chi connectivity index (χ4n) is 9.41. The minimum atomic E-state index is -1.78. The minimum Gasteiger partial charge on any atom is -0.394 e. The van der Waals surface area contributed by atoms with E-state index in [4.69, 9.17) is 18.9 Å². The Hall–Kier alpha value is -1.27. The Morgan fingerprint density at radius 1 is 0.515 bits per heavy atom. The number of aliphatic hydroxyl groups excluding tert-OH is 8. The van der Waals surface area contributed by atoms with E-state index in [0.717, 1.165) is 38.5 Å². The van der Waals surface area contributed by atoms with Crippen LogP contribution in [0.25, 0.3) is 0 Å². The molecule has 68 heavy (non-hydrogen) atoms. The van der Waals surface area contributed by atoms with Crippen molar-refractivity contribution in [2.45, 2.75) is 306 Å². The van der Waals surface area contributed by atoms with Crippen LogP contribution in [0.15, 0.2) is 12.2 Å². The lowest BCUT2D eigenvalue weighted by molar-refractivity contribution is -0.359. The van der Waals surface area contributed by atoms with E-state index >= 15 is 0 Å². The molecule has 0 aromatic carbocycles. The van der Waals surface area contributed by atoms with E-state index in [-0.39, 0.29) is 18.9 Å². The zero-order chi connectivity index (χ0) is 49.6. The summed E-state index contributed by atoms with van der Waals surface area (Å²) >= 11 is 0. The van der Waals surface area contributed by atoms with E-state index in [1.54, 1.807) is 6.08 Å². The molecular weight excluding hydrogens is 871 g/mol. The molecule has 2 fully saturated rings.